The highest BCUT2D eigenvalue weighted by atomic mass is 79.9. The van der Waals surface area contributed by atoms with Crippen LogP contribution in [0.5, 0.6) is 0 Å². The van der Waals surface area contributed by atoms with Gasteiger partial charge in [0.25, 0.3) is 10.0 Å². The molecular weight excluding hydrogens is 344 g/mol. The molecule has 0 spiro atoms. The molecule has 8 heteroatoms. The Labute approximate surface area is 125 Å². The third-order valence-corrected chi connectivity index (χ3v) is 4.36. The standard InChI is InChI=1S/C12H13BrN4O2S/c1-8(14)9-2-4-10(5-3-9)20(18,19)17-12-7-15-11(13)6-16-12/h2-8H,14H2,1H3,(H,16,17). The molecule has 1 heterocycles. The van der Waals surface area contributed by atoms with Gasteiger partial charge in [-0.25, -0.2) is 18.4 Å². The Hall–Kier alpha value is -1.51. The van der Waals surface area contributed by atoms with Crippen molar-refractivity contribution in [2.24, 2.45) is 5.73 Å². The number of anilines is 1. The lowest BCUT2D eigenvalue weighted by atomic mass is 10.1. The molecule has 1 aromatic heterocycles. The largest absolute Gasteiger partial charge is 0.324 e. The van der Waals surface area contributed by atoms with Gasteiger partial charge in [-0.1, -0.05) is 12.1 Å². The monoisotopic (exact) mass is 356 g/mol. The van der Waals surface area contributed by atoms with Gasteiger partial charge >= 0.3 is 0 Å². The molecule has 6 nitrogen and oxygen atoms in total. The number of nitrogens with zero attached hydrogens (tertiary/aromatic N) is 2. The van der Waals surface area contributed by atoms with Crippen LogP contribution >= 0.6 is 15.9 Å². The van der Waals surface area contributed by atoms with Crippen molar-refractivity contribution in [3.63, 3.8) is 0 Å². The van der Waals surface area contributed by atoms with Crippen molar-refractivity contribution in [3.05, 3.63) is 46.8 Å². The number of rotatable bonds is 4. The van der Waals surface area contributed by atoms with Crippen molar-refractivity contribution in [2.45, 2.75) is 17.9 Å². The molecule has 106 valence electrons. The van der Waals surface area contributed by atoms with E-state index in [0.717, 1.165) is 5.56 Å². The number of halogens is 1. The fourth-order valence-corrected chi connectivity index (χ4v) is 2.71. The normalized spacial score (nSPS) is 12.9. The fourth-order valence-electron chi connectivity index (χ4n) is 1.51. The maximum atomic E-state index is 12.1. The third kappa shape index (κ3) is 3.53. The van der Waals surface area contributed by atoms with Crippen LogP contribution in [0.3, 0.4) is 0 Å². The molecular formula is C12H13BrN4O2S. The molecule has 0 radical (unpaired) electrons. The molecule has 2 aromatic rings. The molecule has 0 aliphatic carbocycles. The zero-order valence-corrected chi connectivity index (χ0v) is 13.0. The molecule has 0 aliphatic heterocycles. The van der Waals surface area contributed by atoms with E-state index in [0.29, 0.717) is 4.60 Å². The van der Waals surface area contributed by atoms with E-state index in [-0.39, 0.29) is 16.8 Å². The van der Waals surface area contributed by atoms with Gasteiger partial charge in [-0.05, 0) is 40.5 Å². The summed E-state index contributed by atoms with van der Waals surface area (Å²) in [5.74, 6) is 0.157. The van der Waals surface area contributed by atoms with Crippen LogP contribution in [0.25, 0.3) is 0 Å². The summed E-state index contributed by atoms with van der Waals surface area (Å²) in [6.07, 6.45) is 2.75. The molecule has 20 heavy (non-hydrogen) atoms. The van der Waals surface area contributed by atoms with Crippen LogP contribution in [0.15, 0.2) is 46.2 Å². The maximum Gasteiger partial charge on any atom is 0.263 e. The molecule has 0 fully saturated rings. The Morgan fingerprint density at radius 1 is 1.20 bits per heavy atom. The highest BCUT2D eigenvalue weighted by molar-refractivity contribution is 9.10. The van der Waals surface area contributed by atoms with Gasteiger partial charge in [0.15, 0.2) is 5.82 Å². The van der Waals surface area contributed by atoms with Crippen LogP contribution in [0.2, 0.25) is 0 Å². The Morgan fingerprint density at radius 2 is 1.85 bits per heavy atom. The Bertz CT molecular complexity index is 684. The summed E-state index contributed by atoms with van der Waals surface area (Å²) in [6, 6.07) is 6.25. The van der Waals surface area contributed by atoms with Crippen molar-refractivity contribution in [3.8, 4) is 0 Å². The maximum absolute atomic E-state index is 12.1. The Balaban J connectivity index is 2.23. The van der Waals surface area contributed by atoms with Crippen molar-refractivity contribution >= 4 is 31.8 Å². The zero-order valence-electron chi connectivity index (χ0n) is 10.6. The summed E-state index contributed by atoms with van der Waals surface area (Å²) >= 11 is 3.13. The van der Waals surface area contributed by atoms with Crippen LogP contribution in [0, 0.1) is 0 Å². The minimum atomic E-state index is -3.68. The van der Waals surface area contributed by atoms with Gasteiger partial charge in [0.1, 0.15) is 4.60 Å². The average Bonchev–Trinajstić information content (AvgIpc) is 2.41. The lowest BCUT2D eigenvalue weighted by molar-refractivity contribution is 0.601. The van der Waals surface area contributed by atoms with Crippen molar-refractivity contribution in [2.75, 3.05) is 4.72 Å². The Kier molecular flexibility index (Phi) is 4.36. The average molecular weight is 357 g/mol. The van der Waals surface area contributed by atoms with E-state index in [1.54, 1.807) is 12.1 Å². The van der Waals surface area contributed by atoms with Crippen LogP contribution in [-0.4, -0.2) is 18.4 Å². The molecule has 0 aliphatic rings. The van der Waals surface area contributed by atoms with Gasteiger partial charge in [-0.2, -0.15) is 0 Å². The van der Waals surface area contributed by atoms with E-state index in [2.05, 4.69) is 30.6 Å². The zero-order chi connectivity index (χ0) is 14.8. The predicted molar refractivity (Wildman–Crippen MR) is 79.6 cm³/mol. The van der Waals surface area contributed by atoms with E-state index in [1.807, 2.05) is 6.92 Å². The Morgan fingerprint density at radius 3 is 2.35 bits per heavy atom. The van der Waals surface area contributed by atoms with Gasteiger partial charge in [0.2, 0.25) is 0 Å². The molecule has 0 amide bonds. The minimum Gasteiger partial charge on any atom is -0.324 e. The van der Waals surface area contributed by atoms with Crippen LogP contribution in [0.1, 0.15) is 18.5 Å². The molecule has 0 saturated heterocycles. The number of hydrogen-bond donors (Lipinski definition) is 2. The lowest BCUT2D eigenvalue weighted by Gasteiger charge is -2.09. The van der Waals surface area contributed by atoms with Crippen molar-refractivity contribution in [1.29, 1.82) is 0 Å². The molecule has 2 rings (SSSR count). The lowest BCUT2D eigenvalue weighted by Crippen LogP contribution is -2.14. The van der Waals surface area contributed by atoms with E-state index >= 15 is 0 Å². The first-order valence-corrected chi connectivity index (χ1v) is 8.02. The molecule has 3 N–H and O–H groups in total. The van der Waals surface area contributed by atoms with Gasteiger partial charge in [-0.3, -0.25) is 4.72 Å². The first-order valence-electron chi connectivity index (χ1n) is 5.74. The second-order valence-electron chi connectivity index (χ2n) is 4.19. The van der Waals surface area contributed by atoms with Crippen LogP contribution < -0.4 is 10.5 Å². The molecule has 1 atom stereocenters. The first-order chi connectivity index (χ1) is 9.38. The van der Waals surface area contributed by atoms with Gasteiger partial charge in [-0.15, -0.1) is 0 Å². The quantitative estimate of drug-likeness (QED) is 0.873. The second-order valence-corrected chi connectivity index (χ2v) is 6.68. The van der Waals surface area contributed by atoms with Crippen LogP contribution in [-0.2, 0) is 10.0 Å². The number of nitrogens with two attached hydrogens (primary N) is 1. The molecule has 1 aromatic carbocycles. The first kappa shape index (κ1) is 14.9. The topological polar surface area (TPSA) is 98.0 Å². The third-order valence-electron chi connectivity index (χ3n) is 2.58. The summed E-state index contributed by atoms with van der Waals surface area (Å²) in [4.78, 5) is 7.97. The van der Waals surface area contributed by atoms with E-state index < -0.39 is 10.0 Å². The fraction of sp³-hybridized carbons (Fsp3) is 0.167. The number of hydrogen-bond acceptors (Lipinski definition) is 5. The summed E-state index contributed by atoms with van der Waals surface area (Å²) in [6.45, 7) is 1.83. The summed E-state index contributed by atoms with van der Waals surface area (Å²) < 4.78 is 27.2. The summed E-state index contributed by atoms with van der Waals surface area (Å²) in [5, 5.41) is 0. The predicted octanol–water partition coefficient (Wildman–Crippen LogP) is 2.06. The summed E-state index contributed by atoms with van der Waals surface area (Å²) in [5.41, 5.74) is 6.59. The van der Waals surface area contributed by atoms with E-state index in [4.69, 9.17) is 5.73 Å². The van der Waals surface area contributed by atoms with Crippen LogP contribution in [0.4, 0.5) is 5.82 Å². The highest BCUT2D eigenvalue weighted by Gasteiger charge is 2.15. The van der Waals surface area contributed by atoms with Crippen molar-refractivity contribution < 1.29 is 8.42 Å². The van der Waals surface area contributed by atoms with Gasteiger partial charge < -0.3 is 5.73 Å². The SMILES string of the molecule is CC(N)c1ccc(S(=O)(=O)Nc2cnc(Br)cn2)cc1. The number of sulfonamides is 1. The number of nitrogens with one attached hydrogen (secondary N) is 1. The number of benzene rings is 1. The summed E-state index contributed by atoms with van der Waals surface area (Å²) in [7, 11) is -3.68. The van der Waals surface area contributed by atoms with Gasteiger partial charge in [0, 0.05) is 6.04 Å². The minimum absolute atomic E-state index is 0.142. The molecule has 0 bridgehead atoms. The number of aromatic nitrogens is 2. The van der Waals surface area contributed by atoms with Crippen molar-refractivity contribution in [1.82, 2.24) is 9.97 Å². The smallest absolute Gasteiger partial charge is 0.263 e. The van der Waals surface area contributed by atoms with E-state index in [9.17, 15) is 8.42 Å². The second kappa shape index (κ2) is 5.86. The van der Waals surface area contributed by atoms with E-state index in [1.165, 1.54) is 24.5 Å². The highest BCUT2D eigenvalue weighted by Crippen LogP contribution is 2.17. The molecule has 0 saturated carbocycles. The molecule has 1 unspecified atom stereocenters. The van der Waals surface area contributed by atoms with Gasteiger partial charge in [0.05, 0.1) is 17.3 Å².